The fourth-order valence-electron chi connectivity index (χ4n) is 1.78. The van der Waals surface area contributed by atoms with Crippen LogP contribution in [0.4, 0.5) is 0 Å². The second-order valence-electron chi connectivity index (χ2n) is 4.66. The zero-order valence-electron chi connectivity index (χ0n) is 12.4. The van der Waals surface area contributed by atoms with Gasteiger partial charge in [-0.25, -0.2) is 0 Å². The van der Waals surface area contributed by atoms with Gasteiger partial charge >= 0.3 is 0 Å². The van der Waals surface area contributed by atoms with E-state index in [0.717, 1.165) is 12.0 Å². The van der Waals surface area contributed by atoms with Crippen molar-refractivity contribution in [2.45, 2.75) is 19.9 Å². The van der Waals surface area contributed by atoms with Gasteiger partial charge in [-0.1, -0.05) is 29.8 Å². The maximum absolute atomic E-state index is 11.8. The van der Waals surface area contributed by atoms with Crippen molar-refractivity contribution in [3.05, 3.63) is 34.9 Å². The molecule has 6 heteroatoms. The topological polar surface area (TPSA) is 58.6 Å². The standard InChI is InChI=1S/C15H21ClN2O3/c1-12(19)18(10-13-6-3-4-7-14(13)16)11-15(20)17-8-5-9-21-2/h3-4,6-7H,5,8-11H2,1-2H3,(H,17,20). The van der Waals surface area contributed by atoms with Gasteiger partial charge in [0, 0.05) is 38.8 Å². The fourth-order valence-corrected chi connectivity index (χ4v) is 1.98. The Balaban J connectivity index is 2.52. The summed E-state index contributed by atoms with van der Waals surface area (Å²) in [7, 11) is 1.61. The summed E-state index contributed by atoms with van der Waals surface area (Å²) in [5, 5.41) is 3.34. The molecule has 0 saturated carbocycles. The van der Waals surface area contributed by atoms with Crippen LogP contribution in [0.2, 0.25) is 5.02 Å². The lowest BCUT2D eigenvalue weighted by molar-refractivity contribution is -0.134. The summed E-state index contributed by atoms with van der Waals surface area (Å²) in [6.45, 7) is 2.91. The molecule has 21 heavy (non-hydrogen) atoms. The zero-order valence-corrected chi connectivity index (χ0v) is 13.2. The second kappa shape index (κ2) is 9.37. The quantitative estimate of drug-likeness (QED) is 0.745. The monoisotopic (exact) mass is 312 g/mol. The molecule has 0 aliphatic rings. The normalized spacial score (nSPS) is 10.2. The average molecular weight is 313 g/mol. The largest absolute Gasteiger partial charge is 0.385 e. The van der Waals surface area contributed by atoms with Crippen molar-refractivity contribution in [1.82, 2.24) is 10.2 Å². The fraction of sp³-hybridized carbons (Fsp3) is 0.467. The number of carbonyl (C=O) groups excluding carboxylic acids is 2. The summed E-state index contributed by atoms with van der Waals surface area (Å²) in [6, 6.07) is 7.28. The van der Waals surface area contributed by atoms with Crippen LogP contribution in [-0.2, 0) is 20.9 Å². The van der Waals surface area contributed by atoms with E-state index in [-0.39, 0.29) is 18.4 Å². The third-order valence-corrected chi connectivity index (χ3v) is 3.31. The first-order valence-electron chi connectivity index (χ1n) is 6.79. The lowest BCUT2D eigenvalue weighted by Gasteiger charge is -2.21. The lowest BCUT2D eigenvalue weighted by Crippen LogP contribution is -2.39. The highest BCUT2D eigenvalue weighted by molar-refractivity contribution is 6.31. The Morgan fingerprint density at radius 2 is 2.05 bits per heavy atom. The number of ether oxygens (including phenoxy) is 1. The summed E-state index contributed by atoms with van der Waals surface area (Å²) in [5.41, 5.74) is 0.821. The molecule has 116 valence electrons. The minimum absolute atomic E-state index is 0.0214. The Kier molecular flexibility index (Phi) is 7.79. The first-order chi connectivity index (χ1) is 10.0. The van der Waals surface area contributed by atoms with E-state index in [9.17, 15) is 9.59 Å². The second-order valence-corrected chi connectivity index (χ2v) is 5.07. The Hall–Kier alpha value is -1.59. The number of hydrogen-bond donors (Lipinski definition) is 1. The molecule has 1 N–H and O–H groups in total. The molecule has 1 aromatic rings. The van der Waals surface area contributed by atoms with Crippen LogP contribution in [0.3, 0.4) is 0 Å². The first-order valence-corrected chi connectivity index (χ1v) is 7.17. The molecule has 0 aromatic heterocycles. The van der Waals surface area contributed by atoms with E-state index in [1.54, 1.807) is 13.2 Å². The molecule has 1 aromatic carbocycles. The van der Waals surface area contributed by atoms with Crippen LogP contribution >= 0.6 is 11.6 Å². The predicted molar refractivity (Wildman–Crippen MR) is 82.0 cm³/mol. The van der Waals surface area contributed by atoms with Gasteiger partial charge in [-0.05, 0) is 18.1 Å². The number of halogens is 1. The van der Waals surface area contributed by atoms with Gasteiger partial charge in [-0.2, -0.15) is 0 Å². The summed E-state index contributed by atoms with van der Waals surface area (Å²) >= 11 is 6.08. The van der Waals surface area contributed by atoms with Gasteiger partial charge in [0.2, 0.25) is 11.8 Å². The summed E-state index contributed by atoms with van der Waals surface area (Å²) in [5.74, 6) is -0.352. The maximum Gasteiger partial charge on any atom is 0.239 e. The predicted octanol–water partition coefficient (Wildman–Crippen LogP) is 1.84. The van der Waals surface area contributed by atoms with Crippen molar-refractivity contribution in [2.24, 2.45) is 0 Å². The van der Waals surface area contributed by atoms with Crippen LogP contribution < -0.4 is 5.32 Å². The number of hydrogen-bond acceptors (Lipinski definition) is 3. The smallest absolute Gasteiger partial charge is 0.239 e. The Labute approximate surface area is 130 Å². The zero-order chi connectivity index (χ0) is 15.7. The van der Waals surface area contributed by atoms with E-state index >= 15 is 0 Å². The Bertz CT molecular complexity index is 480. The molecule has 0 fully saturated rings. The molecule has 0 heterocycles. The number of amides is 2. The number of nitrogens with zero attached hydrogens (tertiary/aromatic N) is 1. The molecule has 0 aliphatic carbocycles. The lowest BCUT2D eigenvalue weighted by atomic mass is 10.2. The number of rotatable bonds is 8. The Morgan fingerprint density at radius 1 is 1.33 bits per heavy atom. The number of methoxy groups -OCH3 is 1. The van der Waals surface area contributed by atoms with E-state index in [1.165, 1.54) is 11.8 Å². The van der Waals surface area contributed by atoms with Crippen LogP contribution in [0.25, 0.3) is 0 Å². The van der Waals surface area contributed by atoms with Gasteiger partial charge in [0.25, 0.3) is 0 Å². The van der Waals surface area contributed by atoms with Crippen LogP contribution in [0.1, 0.15) is 18.9 Å². The van der Waals surface area contributed by atoms with Crippen LogP contribution in [0, 0.1) is 0 Å². The van der Waals surface area contributed by atoms with E-state index in [0.29, 0.717) is 24.7 Å². The summed E-state index contributed by atoms with van der Waals surface area (Å²) < 4.78 is 4.90. The molecule has 0 atom stereocenters. The molecule has 0 unspecified atom stereocenters. The third-order valence-electron chi connectivity index (χ3n) is 2.95. The minimum atomic E-state index is -0.187. The van der Waals surface area contributed by atoms with Crippen molar-refractivity contribution >= 4 is 23.4 Å². The highest BCUT2D eigenvalue weighted by Gasteiger charge is 2.15. The van der Waals surface area contributed by atoms with Crippen molar-refractivity contribution in [2.75, 3.05) is 26.8 Å². The first kappa shape index (κ1) is 17.5. The average Bonchev–Trinajstić information content (AvgIpc) is 2.45. The van der Waals surface area contributed by atoms with Crippen molar-refractivity contribution in [3.8, 4) is 0 Å². The highest BCUT2D eigenvalue weighted by atomic mass is 35.5. The van der Waals surface area contributed by atoms with Crippen LogP contribution in [0.15, 0.2) is 24.3 Å². The van der Waals surface area contributed by atoms with Gasteiger partial charge in [-0.3, -0.25) is 9.59 Å². The van der Waals surface area contributed by atoms with Gasteiger partial charge in [0.15, 0.2) is 0 Å². The highest BCUT2D eigenvalue weighted by Crippen LogP contribution is 2.16. The van der Waals surface area contributed by atoms with Crippen LogP contribution in [0.5, 0.6) is 0 Å². The molecule has 0 spiro atoms. The summed E-state index contributed by atoms with van der Waals surface area (Å²) in [4.78, 5) is 24.9. The van der Waals surface area contributed by atoms with Gasteiger partial charge in [-0.15, -0.1) is 0 Å². The third kappa shape index (κ3) is 6.60. The SMILES string of the molecule is COCCCNC(=O)CN(Cc1ccccc1Cl)C(C)=O. The number of benzene rings is 1. The maximum atomic E-state index is 11.8. The molecular weight excluding hydrogens is 292 g/mol. The van der Waals surface area contributed by atoms with Crippen molar-refractivity contribution < 1.29 is 14.3 Å². The molecule has 5 nitrogen and oxygen atoms in total. The van der Waals surface area contributed by atoms with Gasteiger partial charge in [0.05, 0.1) is 6.54 Å². The van der Waals surface area contributed by atoms with Crippen molar-refractivity contribution in [1.29, 1.82) is 0 Å². The molecule has 0 bridgehead atoms. The Morgan fingerprint density at radius 3 is 2.67 bits per heavy atom. The molecule has 0 radical (unpaired) electrons. The van der Waals surface area contributed by atoms with Crippen molar-refractivity contribution in [3.63, 3.8) is 0 Å². The van der Waals surface area contributed by atoms with Crippen LogP contribution in [-0.4, -0.2) is 43.5 Å². The molecule has 2 amide bonds. The molecule has 1 rings (SSSR count). The number of carbonyl (C=O) groups is 2. The van der Waals surface area contributed by atoms with Gasteiger partial charge in [0.1, 0.15) is 0 Å². The molecular formula is C15H21ClN2O3. The van der Waals surface area contributed by atoms with E-state index in [2.05, 4.69) is 5.32 Å². The van der Waals surface area contributed by atoms with E-state index < -0.39 is 0 Å². The molecule has 0 saturated heterocycles. The van der Waals surface area contributed by atoms with Gasteiger partial charge < -0.3 is 15.0 Å². The minimum Gasteiger partial charge on any atom is -0.385 e. The molecule has 0 aliphatic heterocycles. The summed E-state index contributed by atoms with van der Waals surface area (Å²) in [6.07, 6.45) is 0.743. The number of nitrogens with one attached hydrogen (secondary N) is 1. The van der Waals surface area contributed by atoms with E-state index in [1.807, 2.05) is 18.2 Å². The van der Waals surface area contributed by atoms with E-state index in [4.69, 9.17) is 16.3 Å².